The van der Waals surface area contributed by atoms with Crippen LogP contribution in [0.3, 0.4) is 0 Å². The monoisotopic (exact) mass is 216 g/mol. The van der Waals surface area contributed by atoms with Crippen LogP contribution in [0.2, 0.25) is 0 Å². The van der Waals surface area contributed by atoms with Gasteiger partial charge in [-0.25, -0.2) is 4.98 Å². The zero-order valence-electron chi connectivity index (χ0n) is 9.15. The third-order valence-electron chi connectivity index (χ3n) is 2.16. The molecule has 0 bridgehead atoms. The van der Waals surface area contributed by atoms with Crippen LogP contribution in [0.5, 0.6) is 0 Å². The minimum atomic E-state index is -0.263. The molecule has 0 aliphatic heterocycles. The Morgan fingerprint density at radius 2 is 1.94 bits per heavy atom. The highest BCUT2D eigenvalue weighted by molar-refractivity contribution is 6.02. The first-order valence-corrected chi connectivity index (χ1v) is 4.95. The fourth-order valence-electron chi connectivity index (χ4n) is 1.30. The summed E-state index contributed by atoms with van der Waals surface area (Å²) in [6.45, 7) is 3.69. The molecule has 0 saturated carbocycles. The smallest absolute Gasteiger partial charge is 0.277 e. The molecule has 1 N–H and O–H groups in total. The molecule has 0 fully saturated rings. The van der Waals surface area contributed by atoms with E-state index in [-0.39, 0.29) is 11.6 Å². The third kappa shape index (κ3) is 2.28. The summed E-state index contributed by atoms with van der Waals surface area (Å²) >= 11 is 0. The number of carbonyl (C=O) groups is 1. The number of nitrogens with zero attached hydrogens (tertiary/aromatic N) is 1. The second-order valence-corrected chi connectivity index (χ2v) is 3.57. The fourth-order valence-corrected chi connectivity index (χ4v) is 1.30. The highest BCUT2D eigenvalue weighted by atomic mass is 16.3. The second-order valence-electron chi connectivity index (χ2n) is 3.57. The number of aryl methyl sites for hydroxylation is 2. The first-order chi connectivity index (χ1) is 7.65. The van der Waals surface area contributed by atoms with Crippen molar-refractivity contribution in [3.63, 3.8) is 0 Å². The molecule has 0 unspecified atom stereocenters. The van der Waals surface area contributed by atoms with E-state index >= 15 is 0 Å². The second kappa shape index (κ2) is 4.18. The number of benzene rings is 1. The van der Waals surface area contributed by atoms with Gasteiger partial charge in [-0.15, -0.1) is 0 Å². The maximum atomic E-state index is 11.7. The van der Waals surface area contributed by atoms with Gasteiger partial charge in [0.05, 0.1) is 0 Å². The van der Waals surface area contributed by atoms with Crippen LogP contribution in [-0.2, 0) is 0 Å². The van der Waals surface area contributed by atoms with Gasteiger partial charge in [-0.3, -0.25) is 4.79 Å². The van der Waals surface area contributed by atoms with E-state index in [0.717, 1.165) is 11.3 Å². The van der Waals surface area contributed by atoms with Crippen LogP contribution in [0.1, 0.15) is 21.9 Å². The molecule has 0 saturated heterocycles. The van der Waals surface area contributed by atoms with E-state index in [0.29, 0.717) is 5.89 Å². The average Bonchev–Trinajstić information content (AvgIpc) is 2.68. The number of nitrogens with one attached hydrogen (secondary N) is 1. The lowest BCUT2D eigenvalue weighted by Crippen LogP contribution is -2.12. The number of rotatable bonds is 2. The zero-order valence-corrected chi connectivity index (χ0v) is 9.15. The van der Waals surface area contributed by atoms with Crippen LogP contribution in [-0.4, -0.2) is 10.9 Å². The van der Waals surface area contributed by atoms with E-state index in [1.54, 1.807) is 6.92 Å². The van der Waals surface area contributed by atoms with E-state index in [9.17, 15) is 4.79 Å². The number of hydrogen-bond donors (Lipinski definition) is 1. The predicted molar refractivity (Wildman–Crippen MR) is 60.4 cm³/mol. The largest absolute Gasteiger partial charge is 0.448 e. The molecule has 1 aromatic carbocycles. The molecule has 2 rings (SSSR count). The molecule has 82 valence electrons. The Kier molecular flexibility index (Phi) is 2.72. The number of anilines is 1. The van der Waals surface area contributed by atoms with Crippen LogP contribution in [0.25, 0.3) is 0 Å². The molecule has 0 aliphatic carbocycles. The molecule has 0 atom stereocenters. The summed E-state index contributed by atoms with van der Waals surface area (Å²) in [6.07, 6.45) is 1.35. The average molecular weight is 216 g/mol. The first-order valence-electron chi connectivity index (χ1n) is 4.95. The Morgan fingerprint density at radius 3 is 2.50 bits per heavy atom. The summed E-state index contributed by atoms with van der Waals surface area (Å²) in [5, 5.41) is 2.74. The van der Waals surface area contributed by atoms with Crippen molar-refractivity contribution in [1.29, 1.82) is 0 Å². The van der Waals surface area contributed by atoms with Crippen molar-refractivity contribution in [3.8, 4) is 0 Å². The highest BCUT2D eigenvalue weighted by Gasteiger charge is 2.10. The molecule has 16 heavy (non-hydrogen) atoms. The number of oxazole rings is 1. The van der Waals surface area contributed by atoms with Crippen molar-refractivity contribution >= 4 is 11.6 Å². The van der Waals surface area contributed by atoms with Crippen LogP contribution < -0.4 is 5.32 Å². The molecular formula is C12H12N2O2. The molecule has 0 aliphatic rings. The van der Waals surface area contributed by atoms with E-state index in [1.165, 1.54) is 6.26 Å². The molecular weight excluding hydrogens is 204 g/mol. The van der Waals surface area contributed by atoms with Gasteiger partial charge in [0, 0.05) is 12.6 Å². The minimum Gasteiger partial charge on any atom is -0.448 e. The van der Waals surface area contributed by atoms with Crippen LogP contribution in [0.15, 0.2) is 34.9 Å². The van der Waals surface area contributed by atoms with Gasteiger partial charge in [0.25, 0.3) is 5.91 Å². The van der Waals surface area contributed by atoms with E-state index in [1.807, 2.05) is 31.2 Å². The van der Waals surface area contributed by atoms with Gasteiger partial charge < -0.3 is 9.73 Å². The number of hydrogen-bond acceptors (Lipinski definition) is 3. The zero-order chi connectivity index (χ0) is 11.5. The van der Waals surface area contributed by atoms with Crippen LogP contribution in [0, 0.1) is 13.8 Å². The topological polar surface area (TPSA) is 55.1 Å². The molecule has 2 aromatic rings. The summed E-state index contributed by atoms with van der Waals surface area (Å²) in [6, 6.07) is 7.56. The lowest BCUT2D eigenvalue weighted by Gasteiger charge is -2.02. The van der Waals surface area contributed by atoms with Gasteiger partial charge in [-0.2, -0.15) is 0 Å². The minimum absolute atomic E-state index is 0.263. The summed E-state index contributed by atoms with van der Waals surface area (Å²) < 4.78 is 4.97. The van der Waals surface area contributed by atoms with Gasteiger partial charge in [0.1, 0.15) is 6.26 Å². The predicted octanol–water partition coefficient (Wildman–Crippen LogP) is 2.54. The van der Waals surface area contributed by atoms with Gasteiger partial charge in [0.15, 0.2) is 11.6 Å². The van der Waals surface area contributed by atoms with E-state index < -0.39 is 0 Å². The van der Waals surface area contributed by atoms with Gasteiger partial charge >= 0.3 is 0 Å². The summed E-state index contributed by atoms with van der Waals surface area (Å²) in [5.74, 6) is 0.217. The van der Waals surface area contributed by atoms with Crippen molar-refractivity contribution in [3.05, 3.63) is 47.7 Å². The van der Waals surface area contributed by atoms with Crippen LogP contribution in [0.4, 0.5) is 5.69 Å². The maximum Gasteiger partial charge on any atom is 0.277 e. The van der Waals surface area contributed by atoms with Crippen molar-refractivity contribution < 1.29 is 9.21 Å². The van der Waals surface area contributed by atoms with Gasteiger partial charge in [-0.05, 0) is 19.1 Å². The fraction of sp³-hybridized carbons (Fsp3) is 0.167. The Balaban J connectivity index is 2.10. The third-order valence-corrected chi connectivity index (χ3v) is 2.16. The van der Waals surface area contributed by atoms with Crippen molar-refractivity contribution in [1.82, 2.24) is 4.98 Å². The molecule has 0 spiro atoms. The molecule has 1 aromatic heterocycles. The number of aromatic nitrogens is 1. The van der Waals surface area contributed by atoms with E-state index in [2.05, 4.69) is 10.3 Å². The lowest BCUT2D eigenvalue weighted by atomic mass is 10.2. The van der Waals surface area contributed by atoms with E-state index in [4.69, 9.17) is 4.42 Å². The number of amides is 1. The molecule has 4 heteroatoms. The molecule has 0 radical (unpaired) electrons. The first kappa shape index (κ1) is 10.4. The molecule has 1 heterocycles. The standard InChI is InChI=1S/C12H12N2O2/c1-8-3-5-10(6-4-8)14-12(15)11-7-16-9(2)13-11/h3-7H,1-2H3,(H,14,15). The molecule has 1 amide bonds. The Morgan fingerprint density at radius 1 is 1.25 bits per heavy atom. The SMILES string of the molecule is Cc1ccc(NC(=O)c2coc(C)n2)cc1. The van der Waals surface area contributed by atoms with Gasteiger partial charge in [-0.1, -0.05) is 17.7 Å². The van der Waals surface area contributed by atoms with Crippen molar-refractivity contribution in [2.24, 2.45) is 0 Å². The maximum absolute atomic E-state index is 11.7. The normalized spacial score (nSPS) is 10.1. The van der Waals surface area contributed by atoms with Crippen LogP contribution >= 0.6 is 0 Å². The molecule has 4 nitrogen and oxygen atoms in total. The highest BCUT2D eigenvalue weighted by Crippen LogP contribution is 2.10. The van der Waals surface area contributed by atoms with Crippen molar-refractivity contribution in [2.45, 2.75) is 13.8 Å². The quantitative estimate of drug-likeness (QED) is 0.839. The Hall–Kier alpha value is -2.10. The van der Waals surface area contributed by atoms with Crippen molar-refractivity contribution in [2.75, 3.05) is 5.32 Å². The summed E-state index contributed by atoms with van der Waals surface area (Å²) in [4.78, 5) is 15.6. The van der Waals surface area contributed by atoms with Gasteiger partial charge in [0.2, 0.25) is 0 Å². The Labute approximate surface area is 93.3 Å². The lowest BCUT2D eigenvalue weighted by molar-refractivity contribution is 0.102. The summed E-state index contributed by atoms with van der Waals surface area (Å²) in [5.41, 5.74) is 2.18. The number of carbonyl (C=O) groups excluding carboxylic acids is 1. The summed E-state index contributed by atoms with van der Waals surface area (Å²) in [7, 11) is 0. The Bertz CT molecular complexity index is 500.